The van der Waals surface area contributed by atoms with Crippen LogP contribution in [0, 0.1) is 0 Å². The third kappa shape index (κ3) is 4.55. The van der Waals surface area contributed by atoms with Gasteiger partial charge >= 0.3 is 0 Å². The second-order valence-corrected chi connectivity index (χ2v) is 6.30. The van der Waals surface area contributed by atoms with Gasteiger partial charge in [0, 0.05) is 44.8 Å². The van der Waals surface area contributed by atoms with Crippen LogP contribution in [0.2, 0.25) is 0 Å². The Kier molecular flexibility index (Phi) is 5.82. The SMILES string of the molecule is O=C(Cc1ccc(N2CCCC2=O)cc1)NCCN1CCOCC1. The van der Waals surface area contributed by atoms with E-state index in [1.54, 1.807) is 0 Å². The summed E-state index contributed by atoms with van der Waals surface area (Å²) >= 11 is 0. The van der Waals surface area contributed by atoms with E-state index in [9.17, 15) is 9.59 Å². The van der Waals surface area contributed by atoms with Crippen LogP contribution in [-0.4, -0.2) is 62.7 Å². The molecule has 1 aromatic carbocycles. The molecule has 0 spiro atoms. The first-order valence-corrected chi connectivity index (χ1v) is 8.68. The first-order chi connectivity index (χ1) is 11.7. The van der Waals surface area contributed by atoms with Crippen molar-refractivity contribution in [2.45, 2.75) is 19.3 Å². The largest absolute Gasteiger partial charge is 0.379 e. The van der Waals surface area contributed by atoms with E-state index < -0.39 is 0 Å². The van der Waals surface area contributed by atoms with Crippen LogP contribution in [-0.2, 0) is 20.7 Å². The molecule has 130 valence electrons. The standard InChI is InChI=1S/C18H25N3O3/c22-17(19-7-9-20-10-12-24-13-11-20)14-15-3-5-16(6-4-15)21-8-1-2-18(21)23/h3-6H,1-2,7-14H2,(H,19,22). The van der Waals surface area contributed by atoms with Crippen LogP contribution in [0.3, 0.4) is 0 Å². The average Bonchev–Trinajstić information content (AvgIpc) is 3.03. The monoisotopic (exact) mass is 331 g/mol. The molecule has 2 fully saturated rings. The molecular formula is C18H25N3O3. The van der Waals surface area contributed by atoms with Crippen LogP contribution in [0.25, 0.3) is 0 Å². The number of benzene rings is 1. The summed E-state index contributed by atoms with van der Waals surface area (Å²) in [7, 11) is 0. The molecule has 3 rings (SSSR count). The molecule has 2 saturated heterocycles. The Balaban J connectivity index is 1.41. The number of nitrogens with zero attached hydrogens (tertiary/aromatic N) is 2. The van der Waals surface area contributed by atoms with Gasteiger partial charge in [-0.3, -0.25) is 14.5 Å². The zero-order chi connectivity index (χ0) is 16.8. The maximum Gasteiger partial charge on any atom is 0.227 e. The number of nitrogens with one attached hydrogen (secondary N) is 1. The molecule has 0 radical (unpaired) electrons. The molecule has 1 N–H and O–H groups in total. The van der Waals surface area contributed by atoms with Crippen molar-refractivity contribution in [1.82, 2.24) is 10.2 Å². The van der Waals surface area contributed by atoms with E-state index in [0.29, 0.717) is 19.4 Å². The molecule has 0 aliphatic carbocycles. The summed E-state index contributed by atoms with van der Waals surface area (Å²) in [4.78, 5) is 27.9. The average molecular weight is 331 g/mol. The fourth-order valence-electron chi connectivity index (χ4n) is 3.14. The molecule has 2 heterocycles. The van der Waals surface area contributed by atoms with E-state index in [-0.39, 0.29) is 11.8 Å². The highest BCUT2D eigenvalue weighted by Crippen LogP contribution is 2.21. The van der Waals surface area contributed by atoms with Crippen LogP contribution in [0.4, 0.5) is 5.69 Å². The van der Waals surface area contributed by atoms with Gasteiger partial charge in [-0.05, 0) is 24.1 Å². The fourth-order valence-corrected chi connectivity index (χ4v) is 3.14. The van der Waals surface area contributed by atoms with E-state index in [0.717, 1.165) is 57.1 Å². The van der Waals surface area contributed by atoms with Crippen molar-refractivity contribution >= 4 is 17.5 Å². The minimum atomic E-state index is 0.0354. The van der Waals surface area contributed by atoms with Gasteiger partial charge in [0.15, 0.2) is 0 Å². The molecule has 1 aromatic rings. The quantitative estimate of drug-likeness (QED) is 0.838. The molecule has 0 bridgehead atoms. The number of hydrogen-bond acceptors (Lipinski definition) is 4. The van der Waals surface area contributed by atoms with Crippen LogP contribution in [0.15, 0.2) is 24.3 Å². The van der Waals surface area contributed by atoms with Crippen molar-refractivity contribution in [1.29, 1.82) is 0 Å². The highest BCUT2D eigenvalue weighted by Gasteiger charge is 2.21. The van der Waals surface area contributed by atoms with E-state index >= 15 is 0 Å². The second kappa shape index (κ2) is 8.26. The predicted molar refractivity (Wildman–Crippen MR) is 92.0 cm³/mol. The minimum Gasteiger partial charge on any atom is -0.379 e. The summed E-state index contributed by atoms with van der Waals surface area (Å²) in [5.74, 6) is 0.219. The number of amides is 2. The predicted octanol–water partition coefficient (Wildman–Crippen LogP) is 0.804. The molecule has 6 heteroatoms. The van der Waals surface area contributed by atoms with Crippen molar-refractivity contribution in [3.8, 4) is 0 Å². The van der Waals surface area contributed by atoms with Gasteiger partial charge in [0.2, 0.25) is 11.8 Å². The van der Waals surface area contributed by atoms with Crippen molar-refractivity contribution in [3.05, 3.63) is 29.8 Å². The maximum atomic E-state index is 12.0. The maximum absolute atomic E-state index is 12.0. The van der Waals surface area contributed by atoms with Gasteiger partial charge in [0.25, 0.3) is 0 Å². The van der Waals surface area contributed by atoms with Gasteiger partial charge in [-0.25, -0.2) is 0 Å². The number of morpholine rings is 1. The molecule has 6 nitrogen and oxygen atoms in total. The Morgan fingerprint density at radius 2 is 1.88 bits per heavy atom. The van der Waals surface area contributed by atoms with Gasteiger partial charge in [-0.15, -0.1) is 0 Å². The number of carbonyl (C=O) groups excluding carboxylic acids is 2. The van der Waals surface area contributed by atoms with E-state index in [1.165, 1.54) is 0 Å². The van der Waals surface area contributed by atoms with E-state index in [2.05, 4.69) is 10.2 Å². The lowest BCUT2D eigenvalue weighted by atomic mass is 10.1. The Morgan fingerprint density at radius 3 is 2.54 bits per heavy atom. The molecule has 2 aliphatic rings. The normalized spacial score (nSPS) is 18.8. The molecule has 2 aliphatic heterocycles. The summed E-state index contributed by atoms with van der Waals surface area (Å²) in [6.45, 7) is 5.75. The molecule has 2 amide bonds. The van der Waals surface area contributed by atoms with Crippen LogP contribution < -0.4 is 10.2 Å². The lowest BCUT2D eigenvalue weighted by Gasteiger charge is -2.26. The Labute approximate surface area is 142 Å². The zero-order valence-electron chi connectivity index (χ0n) is 14.0. The van der Waals surface area contributed by atoms with Gasteiger partial charge in [0.1, 0.15) is 0 Å². The van der Waals surface area contributed by atoms with Gasteiger partial charge in [-0.2, -0.15) is 0 Å². The number of carbonyl (C=O) groups is 2. The highest BCUT2D eigenvalue weighted by atomic mass is 16.5. The van der Waals surface area contributed by atoms with Gasteiger partial charge < -0.3 is 15.0 Å². The molecule has 0 aromatic heterocycles. The topological polar surface area (TPSA) is 61.9 Å². The molecule has 24 heavy (non-hydrogen) atoms. The molecule has 0 atom stereocenters. The number of hydrogen-bond donors (Lipinski definition) is 1. The Morgan fingerprint density at radius 1 is 1.12 bits per heavy atom. The van der Waals surface area contributed by atoms with E-state index in [1.807, 2.05) is 29.2 Å². The third-order valence-corrected chi connectivity index (χ3v) is 4.54. The third-order valence-electron chi connectivity index (χ3n) is 4.54. The fraction of sp³-hybridized carbons (Fsp3) is 0.556. The lowest BCUT2D eigenvalue weighted by molar-refractivity contribution is -0.120. The van der Waals surface area contributed by atoms with Crippen LogP contribution >= 0.6 is 0 Å². The van der Waals surface area contributed by atoms with Crippen molar-refractivity contribution in [3.63, 3.8) is 0 Å². The smallest absolute Gasteiger partial charge is 0.227 e. The first-order valence-electron chi connectivity index (χ1n) is 8.68. The second-order valence-electron chi connectivity index (χ2n) is 6.30. The Hall–Kier alpha value is -1.92. The van der Waals surface area contributed by atoms with Crippen molar-refractivity contribution in [2.24, 2.45) is 0 Å². The summed E-state index contributed by atoms with van der Waals surface area (Å²) in [5.41, 5.74) is 1.89. The molecule has 0 unspecified atom stereocenters. The summed E-state index contributed by atoms with van der Waals surface area (Å²) in [6.07, 6.45) is 1.93. The van der Waals surface area contributed by atoms with Gasteiger partial charge in [-0.1, -0.05) is 12.1 Å². The molecular weight excluding hydrogens is 306 g/mol. The zero-order valence-corrected chi connectivity index (χ0v) is 14.0. The summed E-state index contributed by atoms with van der Waals surface area (Å²) < 4.78 is 5.31. The Bertz CT molecular complexity index is 567. The van der Waals surface area contributed by atoms with Crippen LogP contribution in [0.1, 0.15) is 18.4 Å². The van der Waals surface area contributed by atoms with Crippen molar-refractivity contribution in [2.75, 3.05) is 50.8 Å². The highest BCUT2D eigenvalue weighted by molar-refractivity contribution is 5.95. The number of anilines is 1. The van der Waals surface area contributed by atoms with Crippen molar-refractivity contribution < 1.29 is 14.3 Å². The summed E-state index contributed by atoms with van der Waals surface area (Å²) in [5, 5.41) is 2.97. The first kappa shape index (κ1) is 16.9. The number of rotatable bonds is 6. The van der Waals surface area contributed by atoms with E-state index in [4.69, 9.17) is 4.74 Å². The number of ether oxygens (including phenoxy) is 1. The van der Waals surface area contributed by atoms with Gasteiger partial charge in [0.05, 0.1) is 19.6 Å². The summed E-state index contributed by atoms with van der Waals surface area (Å²) in [6, 6.07) is 7.73. The van der Waals surface area contributed by atoms with Crippen LogP contribution in [0.5, 0.6) is 0 Å². The minimum absolute atomic E-state index is 0.0354. The lowest BCUT2D eigenvalue weighted by Crippen LogP contribution is -2.41. The molecule has 0 saturated carbocycles.